The minimum atomic E-state index is -0.524. The molecule has 0 atom stereocenters. The molecular formula is C24H20N2O3. The molecule has 0 saturated carbocycles. The van der Waals surface area contributed by atoms with Gasteiger partial charge >= 0.3 is 5.97 Å². The standard InChI is InChI=1S/C24H20N2O3/c27-23(26-16-15-22(25-26)20-9-5-2-6-10-20)17-29-24(28)21-13-11-19(12-14-21)18-7-3-1-4-8-18/h1-14H,15-17H2. The molecular weight excluding hydrogens is 364 g/mol. The van der Waals surface area contributed by atoms with Crippen molar-refractivity contribution in [3.8, 4) is 11.1 Å². The second-order valence-corrected chi connectivity index (χ2v) is 6.70. The lowest BCUT2D eigenvalue weighted by atomic mass is 10.0. The minimum Gasteiger partial charge on any atom is -0.452 e. The first kappa shape index (κ1) is 18.6. The second-order valence-electron chi connectivity index (χ2n) is 6.70. The number of esters is 1. The van der Waals surface area contributed by atoms with E-state index in [4.69, 9.17) is 4.74 Å². The predicted octanol–water partition coefficient (Wildman–Crippen LogP) is 4.15. The van der Waals surface area contributed by atoms with E-state index in [1.807, 2.05) is 72.8 Å². The molecule has 0 aromatic heterocycles. The molecule has 0 saturated heterocycles. The number of nitrogens with zero attached hydrogens (tertiary/aromatic N) is 2. The molecule has 5 heteroatoms. The third kappa shape index (κ3) is 4.41. The summed E-state index contributed by atoms with van der Waals surface area (Å²) in [6.07, 6.45) is 0.685. The molecule has 5 nitrogen and oxygen atoms in total. The van der Waals surface area contributed by atoms with E-state index in [-0.39, 0.29) is 12.5 Å². The zero-order chi connectivity index (χ0) is 20.1. The van der Waals surface area contributed by atoms with Crippen LogP contribution >= 0.6 is 0 Å². The summed E-state index contributed by atoms with van der Waals surface area (Å²) in [5.41, 5.74) is 4.36. The van der Waals surface area contributed by atoms with Crippen LogP contribution in [0, 0.1) is 0 Å². The maximum Gasteiger partial charge on any atom is 0.338 e. The molecule has 3 aromatic carbocycles. The summed E-state index contributed by atoms with van der Waals surface area (Å²) in [7, 11) is 0. The maximum absolute atomic E-state index is 12.3. The Bertz CT molecular complexity index is 1030. The highest BCUT2D eigenvalue weighted by molar-refractivity contribution is 6.02. The van der Waals surface area contributed by atoms with Crippen LogP contribution in [0.2, 0.25) is 0 Å². The van der Waals surface area contributed by atoms with E-state index in [2.05, 4.69) is 5.10 Å². The molecule has 29 heavy (non-hydrogen) atoms. The SMILES string of the molecule is O=C(OCC(=O)N1CCC(c2ccccc2)=N1)c1ccc(-c2ccccc2)cc1. The van der Waals surface area contributed by atoms with Crippen molar-refractivity contribution < 1.29 is 14.3 Å². The van der Waals surface area contributed by atoms with Gasteiger partial charge in [0.1, 0.15) is 0 Å². The number of hydrazone groups is 1. The third-order valence-electron chi connectivity index (χ3n) is 4.75. The van der Waals surface area contributed by atoms with Gasteiger partial charge in [-0.1, -0.05) is 72.8 Å². The zero-order valence-electron chi connectivity index (χ0n) is 15.8. The van der Waals surface area contributed by atoms with E-state index in [1.165, 1.54) is 5.01 Å². The van der Waals surface area contributed by atoms with Gasteiger partial charge in [-0.2, -0.15) is 5.10 Å². The highest BCUT2D eigenvalue weighted by atomic mass is 16.5. The second kappa shape index (κ2) is 8.52. The first-order valence-electron chi connectivity index (χ1n) is 9.46. The molecule has 3 aromatic rings. The number of hydrogen-bond acceptors (Lipinski definition) is 4. The Hall–Kier alpha value is -3.73. The highest BCUT2D eigenvalue weighted by Gasteiger charge is 2.22. The average molecular weight is 384 g/mol. The largest absolute Gasteiger partial charge is 0.452 e. The van der Waals surface area contributed by atoms with Crippen LogP contribution in [0.25, 0.3) is 11.1 Å². The maximum atomic E-state index is 12.3. The monoisotopic (exact) mass is 384 g/mol. The van der Waals surface area contributed by atoms with Crippen molar-refractivity contribution >= 4 is 17.6 Å². The Morgan fingerprint density at radius 2 is 1.38 bits per heavy atom. The summed E-state index contributed by atoms with van der Waals surface area (Å²) in [5, 5.41) is 5.73. The van der Waals surface area contributed by atoms with Crippen LogP contribution in [0.5, 0.6) is 0 Å². The normalized spacial score (nSPS) is 13.1. The van der Waals surface area contributed by atoms with Gasteiger partial charge in [-0.3, -0.25) is 4.79 Å². The van der Waals surface area contributed by atoms with E-state index in [9.17, 15) is 9.59 Å². The van der Waals surface area contributed by atoms with Gasteiger partial charge in [0, 0.05) is 6.42 Å². The van der Waals surface area contributed by atoms with E-state index >= 15 is 0 Å². The minimum absolute atomic E-state index is 0.329. The Labute approximate surface area is 169 Å². The predicted molar refractivity (Wildman–Crippen MR) is 111 cm³/mol. The fourth-order valence-corrected chi connectivity index (χ4v) is 3.19. The van der Waals surface area contributed by atoms with Crippen LogP contribution in [0.15, 0.2) is 90.0 Å². The highest BCUT2D eigenvalue weighted by Crippen LogP contribution is 2.19. The number of amides is 1. The van der Waals surface area contributed by atoms with Gasteiger partial charge in [-0.15, -0.1) is 0 Å². The number of benzene rings is 3. The van der Waals surface area contributed by atoms with Gasteiger partial charge in [0.15, 0.2) is 6.61 Å². The van der Waals surface area contributed by atoms with Gasteiger partial charge < -0.3 is 4.74 Å². The number of ether oxygens (including phenoxy) is 1. The first-order valence-corrected chi connectivity index (χ1v) is 9.46. The summed E-state index contributed by atoms with van der Waals surface area (Å²) >= 11 is 0. The summed E-state index contributed by atoms with van der Waals surface area (Å²) in [6, 6.07) is 26.8. The Morgan fingerprint density at radius 3 is 2.03 bits per heavy atom. The van der Waals surface area contributed by atoms with Crippen LogP contribution in [0.1, 0.15) is 22.3 Å². The number of rotatable bonds is 5. The van der Waals surface area contributed by atoms with Crippen LogP contribution in [-0.4, -0.2) is 35.7 Å². The van der Waals surface area contributed by atoms with Crippen LogP contribution in [0.4, 0.5) is 0 Å². The molecule has 1 aliphatic heterocycles. The number of hydrogen-bond donors (Lipinski definition) is 0. The van der Waals surface area contributed by atoms with Gasteiger partial charge in [0.05, 0.1) is 17.8 Å². The molecule has 1 amide bonds. The fourth-order valence-electron chi connectivity index (χ4n) is 3.19. The third-order valence-corrected chi connectivity index (χ3v) is 4.75. The van der Waals surface area contributed by atoms with Crippen LogP contribution < -0.4 is 0 Å². The Morgan fingerprint density at radius 1 is 0.793 bits per heavy atom. The van der Waals surface area contributed by atoms with Crippen molar-refractivity contribution in [2.24, 2.45) is 5.10 Å². The fraction of sp³-hybridized carbons (Fsp3) is 0.125. The summed E-state index contributed by atoms with van der Waals surface area (Å²) < 4.78 is 5.19. The van der Waals surface area contributed by atoms with E-state index < -0.39 is 5.97 Å². The van der Waals surface area contributed by atoms with Crippen molar-refractivity contribution in [1.82, 2.24) is 5.01 Å². The molecule has 0 bridgehead atoms. The molecule has 144 valence electrons. The first-order chi connectivity index (χ1) is 14.2. The Kier molecular flexibility index (Phi) is 5.47. The molecule has 0 unspecified atom stereocenters. The summed E-state index contributed by atoms with van der Waals surface area (Å²) in [6.45, 7) is 0.164. The molecule has 1 aliphatic rings. The van der Waals surface area contributed by atoms with Crippen LogP contribution in [0.3, 0.4) is 0 Å². The molecule has 0 spiro atoms. The van der Waals surface area contributed by atoms with Gasteiger partial charge in [-0.05, 0) is 28.8 Å². The Balaban J connectivity index is 1.34. The van der Waals surface area contributed by atoms with E-state index in [1.54, 1.807) is 12.1 Å². The van der Waals surface area contributed by atoms with Crippen molar-refractivity contribution in [2.45, 2.75) is 6.42 Å². The molecule has 0 radical (unpaired) electrons. The molecule has 0 fully saturated rings. The summed E-state index contributed by atoms with van der Waals surface area (Å²) in [4.78, 5) is 24.6. The van der Waals surface area contributed by atoms with Crippen molar-refractivity contribution in [1.29, 1.82) is 0 Å². The zero-order valence-corrected chi connectivity index (χ0v) is 15.8. The molecule has 0 N–H and O–H groups in total. The lowest BCUT2D eigenvalue weighted by Gasteiger charge is -2.11. The summed E-state index contributed by atoms with van der Waals surface area (Å²) in [5.74, 6) is -0.852. The van der Waals surface area contributed by atoms with Gasteiger partial charge in [0.2, 0.25) is 0 Å². The van der Waals surface area contributed by atoms with E-state index in [0.29, 0.717) is 18.5 Å². The number of carbonyl (C=O) groups is 2. The smallest absolute Gasteiger partial charge is 0.338 e. The van der Waals surface area contributed by atoms with Gasteiger partial charge in [-0.25, -0.2) is 9.80 Å². The van der Waals surface area contributed by atoms with Crippen molar-refractivity contribution in [3.63, 3.8) is 0 Å². The quantitative estimate of drug-likeness (QED) is 0.621. The lowest BCUT2D eigenvalue weighted by Crippen LogP contribution is -2.28. The van der Waals surface area contributed by atoms with Crippen molar-refractivity contribution in [2.75, 3.05) is 13.2 Å². The lowest BCUT2D eigenvalue weighted by molar-refractivity contribution is -0.134. The van der Waals surface area contributed by atoms with Gasteiger partial charge in [0.25, 0.3) is 5.91 Å². The number of carbonyl (C=O) groups excluding carboxylic acids is 2. The molecule has 1 heterocycles. The topological polar surface area (TPSA) is 59.0 Å². The van der Waals surface area contributed by atoms with E-state index in [0.717, 1.165) is 22.4 Å². The van der Waals surface area contributed by atoms with Crippen LogP contribution in [-0.2, 0) is 9.53 Å². The molecule has 0 aliphatic carbocycles. The molecule has 4 rings (SSSR count). The van der Waals surface area contributed by atoms with Crippen molar-refractivity contribution in [3.05, 3.63) is 96.1 Å². The average Bonchev–Trinajstić information content (AvgIpc) is 3.29.